The fourth-order valence-electron chi connectivity index (χ4n) is 4.10. The minimum Gasteiger partial charge on any atom is -0.380 e. The molecule has 0 aliphatic carbocycles. The van der Waals surface area contributed by atoms with Crippen LogP contribution in [0.25, 0.3) is 0 Å². The van der Waals surface area contributed by atoms with E-state index in [1.165, 1.54) is 52.6 Å². The molecule has 6 nitrogen and oxygen atoms in total. The molecule has 11 heteroatoms. The molecule has 0 bridgehead atoms. The van der Waals surface area contributed by atoms with Crippen molar-refractivity contribution >= 4 is 15.7 Å². The lowest BCUT2D eigenvalue weighted by Crippen LogP contribution is -2.32. The summed E-state index contributed by atoms with van der Waals surface area (Å²) in [6.45, 7) is 1.56. The second-order valence-electron chi connectivity index (χ2n) is 8.14. The van der Waals surface area contributed by atoms with Crippen molar-refractivity contribution in [2.75, 3.05) is 18.4 Å². The molecule has 0 radical (unpaired) electrons. The summed E-state index contributed by atoms with van der Waals surface area (Å²) in [7, 11) is -2.23. The van der Waals surface area contributed by atoms with Gasteiger partial charge in [0.1, 0.15) is 5.82 Å². The quantitative estimate of drug-likeness (QED) is 0.555. The summed E-state index contributed by atoms with van der Waals surface area (Å²) < 4.78 is 81.9. The van der Waals surface area contributed by atoms with E-state index in [4.69, 9.17) is 0 Å². The number of imidazole rings is 1. The normalized spacial score (nSPS) is 19.7. The van der Waals surface area contributed by atoms with Gasteiger partial charge in [-0.25, -0.2) is 17.8 Å². The Morgan fingerprint density at radius 1 is 1.09 bits per heavy atom. The van der Waals surface area contributed by atoms with Crippen molar-refractivity contribution in [3.63, 3.8) is 0 Å². The largest absolute Gasteiger partial charge is 0.416 e. The first kappa shape index (κ1) is 23.2. The summed E-state index contributed by atoms with van der Waals surface area (Å²) in [5.74, 6) is -0.774. The van der Waals surface area contributed by atoms with Crippen LogP contribution in [-0.4, -0.2) is 41.4 Å². The Kier molecular flexibility index (Phi) is 5.95. The molecule has 2 atom stereocenters. The van der Waals surface area contributed by atoms with Crippen molar-refractivity contribution in [3.05, 3.63) is 77.5 Å². The van der Waals surface area contributed by atoms with Gasteiger partial charge >= 0.3 is 6.18 Å². The molecule has 1 saturated heterocycles. The van der Waals surface area contributed by atoms with Gasteiger partial charge in [-0.15, -0.1) is 0 Å². The van der Waals surface area contributed by atoms with Crippen LogP contribution in [0.5, 0.6) is 0 Å². The van der Waals surface area contributed by atoms with Crippen LogP contribution < -0.4 is 5.32 Å². The van der Waals surface area contributed by atoms with Crippen LogP contribution in [-0.2, 0) is 23.2 Å². The standard InChI is InChI=1S/C22H22F4N4O2S/c1-14-9-17(7-8-19(14)22(24,25)26)28-20-11-30(33(31,32)21-12-29(2)13-27-21)10-18(20)15-3-5-16(23)6-4-15/h3-9,12-13,18,20,28H,10-11H2,1-2H3/t18-,20+/m1/s1. The van der Waals surface area contributed by atoms with E-state index in [0.29, 0.717) is 5.69 Å². The molecule has 1 aliphatic heterocycles. The van der Waals surface area contributed by atoms with Crippen LogP contribution in [0.2, 0.25) is 0 Å². The molecule has 4 rings (SSSR count). The Balaban J connectivity index is 1.65. The zero-order valence-electron chi connectivity index (χ0n) is 17.8. The van der Waals surface area contributed by atoms with Crippen LogP contribution >= 0.6 is 0 Å². The minimum atomic E-state index is -4.46. The first-order valence-electron chi connectivity index (χ1n) is 10.1. The van der Waals surface area contributed by atoms with E-state index in [1.54, 1.807) is 19.2 Å². The second kappa shape index (κ2) is 8.45. The van der Waals surface area contributed by atoms with Gasteiger partial charge in [-0.2, -0.15) is 17.5 Å². The van der Waals surface area contributed by atoms with Gasteiger partial charge in [0.25, 0.3) is 10.0 Å². The lowest BCUT2D eigenvalue weighted by molar-refractivity contribution is -0.138. The van der Waals surface area contributed by atoms with Crippen molar-refractivity contribution in [1.82, 2.24) is 13.9 Å². The fraction of sp³-hybridized carbons (Fsp3) is 0.318. The van der Waals surface area contributed by atoms with E-state index in [2.05, 4.69) is 10.3 Å². The number of alkyl halides is 3. The lowest BCUT2D eigenvalue weighted by atomic mass is 9.94. The van der Waals surface area contributed by atoms with Gasteiger partial charge in [0.2, 0.25) is 0 Å². The highest BCUT2D eigenvalue weighted by atomic mass is 32.2. The third-order valence-corrected chi connectivity index (χ3v) is 7.47. The molecule has 2 heterocycles. The highest BCUT2D eigenvalue weighted by Gasteiger charge is 2.41. The van der Waals surface area contributed by atoms with Crippen LogP contribution in [0.1, 0.15) is 22.6 Å². The molecule has 2 aromatic carbocycles. The highest BCUT2D eigenvalue weighted by Crippen LogP contribution is 2.36. The number of hydrogen-bond acceptors (Lipinski definition) is 4. The molecule has 1 aromatic heterocycles. The van der Waals surface area contributed by atoms with Gasteiger partial charge in [0.15, 0.2) is 5.03 Å². The summed E-state index contributed by atoms with van der Waals surface area (Å²) in [4.78, 5) is 3.95. The Morgan fingerprint density at radius 3 is 2.36 bits per heavy atom. The van der Waals surface area contributed by atoms with Crippen LogP contribution in [0, 0.1) is 12.7 Å². The topological polar surface area (TPSA) is 67.2 Å². The van der Waals surface area contributed by atoms with E-state index >= 15 is 0 Å². The second-order valence-corrected chi connectivity index (χ2v) is 10.0. The van der Waals surface area contributed by atoms with Gasteiger partial charge in [-0.1, -0.05) is 12.1 Å². The predicted octanol–water partition coefficient (Wildman–Crippen LogP) is 4.16. The number of nitrogens with one attached hydrogen (secondary N) is 1. The maximum absolute atomic E-state index is 13.5. The first-order valence-corrected chi connectivity index (χ1v) is 11.6. The Hall–Kier alpha value is -2.92. The molecule has 1 aliphatic rings. The number of rotatable bonds is 5. The van der Waals surface area contributed by atoms with Crippen LogP contribution in [0.15, 0.2) is 60.0 Å². The zero-order valence-corrected chi connectivity index (χ0v) is 18.7. The monoisotopic (exact) mass is 482 g/mol. The molecular weight excluding hydrogens is 460 g/mol. The van der Waals surface area contributed by atoms with E-state index in [-0.39, 0.29) is 29.6 Å². The van der Waals surface area contributed by atoms with Crippen molar-refractivity contribution in [1.29, 1.82) is 0 Å². The average Bonchev–Trinajstić information content (AvgIpc) is 3.35. The van der Waals surface area contributed by atoms with Gasteiger partial charge in [0.05, 0.1) is 11.9 Å². The number of benzene rings is 2. The molecule has 1 fully saturated rings. The lowest BCUT2D eigenvalue weighted by Gasteiger charge is -2.22. The van der Waals surface area contributed by atoms with E-state index in [1.807, 2.05) is 0 Å². The number of hydrogen-bond donors (Lipinski definition) is 1. The number of sulfonamides is 1. The Morgan fingerprint density at radius 2 is 1.79 bits per heavy atom. The SMILES string of the molecule is Cc1cc(N[C@H]2CN(S(=O)(=O)c3cn(C)cn3)C[C@@H]2c2ccc(F)cc2)ccc1C(F)(F)F. The molecule has 33 heavy (non-hydrogen) atoms. The number of nitrogens with zero attached hydrogens (tertiary/aromatic N) is 3. The summed E-state index contributed by atoms with van der Waals surface area (Å²) in [6, 6.07) is 9.03. The van der Waals surface area contributed by atoms with Crippen LogP contribution in [0.4, 0.5) is 23.2 Å². The van der Waals surface area contributed by atoms with E-state index < -0.39 is 33.6 Å². The fourth-order valence-corrected chi connectivity index (χ4v) is 5.56. The summed E-state index contributed by atoms with van der Waals surface area (Å²) in [6.07, 6.45) is -1.66. The molecule has 1 N–H and O–H groups in total. The maximum atomic E-state index is 13.5. The van der Waals surface area contributed by atoms with Gasteiger partial charge in [0, 0.05) is 44.0 Å². The minimum absolute atomic E-state index is 0.0572. The maximum Gasteiger partial charge on any atom is 0.416 e. The zero-order chi connectivity index (χ0) is 24.0. The summed E-state index contributed by atoms with van der Waals surface area (Å²) in [5, 5.41) is 3.10. The third kappa shape index (κ3) is 4.74. The Bertz CT molecular complexity index is 1260. The van der Waals surface area contributed by atoms with E-state index in [9.17, 15) is 26.0 Å². The van der Waals surface area contributed by atoms with Crippen molar-refractivity contribution in [2.45, 2.75) is 30.1 Å². The van der Waals surface area contributed by atoms with Crippen molar-refractivity contribution < 1.29 is 26.0 Å². The molecule has 0 spiro atoms. The van der Waals surface area contributed by atoms with Gasteiger partial charge < -0.3 is 9.88 Å². The van der Waals surface area contributed by atoms with Crippen molar-refractivity contribution in [2.24, 2.45) is 7.05 Å². The smallest absolute Gasteiger partial charge is 0.380 e. The molecular formula is C22H22F4N4O2S. The van der Waals surface area contributed by atoms with E-state index in [0.717, 1.165) is 11.6 Å². The molecule has 0 amide bonds. The first-order chi connectivity index (χ1) is 15.4. The molecule has 3 aromatic rings. The molecule has 0 unspecified atom stereocenters. The van der Waals surface area contributed by atoms with Gasteiger partial charge in [-0.3, -0.25) is 0 Å². The number of anilines is 1. The van der Waals surface area contributed by atoms with Crippen molar-refractivity contribution in [3.8, 4) is 0 Å². The Labute approximate surface area is 188 Å². The predicted molar refractivity (Wildman–Crippen MR) is 115 cm³/mol. The number of aryl methyl sites for hydroxylation is 2. The summed E-state index contributed by atoms with van der Waals surface area (Å²) in [5.41, 5.74) is 0.488. The average molecular weight is 483 g/mol. The summed E-state index contributed by atoms with van der Waals surface area (Å²) >= 11 is 0. The molecule has 176 valence electrons. The van der Waals surface area contributed by atoms with Crippen LogP contribution in [0.3, 0.4) is 0 Å². The highest BCUT2D eigenvalue weighted by molar-refractivity contribution is 7.89. The van der Waals surface area contributed by atoms with Gasteiger partial charge in [-0.05, 0) is 48.4 Å². The number of halogens is 4. The number of aromatic nitrogens is 2. The molecule has 0 saturated carbocycles. The third-order valence-electron chi connectivity index (χ3n) is 5.75.